The quantitative estimate of drug-likeness (QED) is 0.483. The first-order chi connectivity index (χ1) is 13.8. The Morgan fingerprint density at radius 3 is 2.45 bits per heavy atom. The van der Waals surface area contributed by atoms with Gasteiger partial charge in [-0.2, -0.15) is 0 Å². The van der Waals surface area contributed by atoms with Gasteiger partial charge in [0.2, 0.25) is 10.0 Å². The summed E-state index contributed by atoms with van der Waals surface area (Å²) in [6.07, 6.45) is 2.18. The van der Waals surface area contributed by atoms with Gasteiger partial charge < -0.3 is 10.1 Å². The van der Waals surface area contributed by atoms with Crippen LogP contribution in [0.2, 0.25) is 0 Å². The van der Waals surface area contributed by atoms with Crippen molar-refractivity contribution in [2.45, 2.75) is 25.2 Å². The first-order valence-corrected chi connectivity index (χ1v) is 10.5. The average Bonchev–Trinajstić information content (AvgIpc) is 2.72. The van der Waals surface area contributed by atoms with Crippen molar-refractivity contribution in [3.05, 3.63) is 71.8 Å². The van der Waals surface area contributed by atoms with Crippen LogP contribution in [0.15, 0.2) is 60.0 Å². The van der Waals surface area contributed by atoms with Crippen molar-refractivity contribution in [2.24, 2.45) is 0 Å². The van der Waals surface area contributed by atoms with Crippen LogP contribution >= 0.6 is 0 Å². The molecule has 29 heavy (non-hydrogen) atoms. The predicted octanol–water partition coefficient (Wildman–Crippen LogP) is 2.82. The summed E-state index contributed by atoms with van der Waals surface area (Å²) in [7, 11) is -3.67. The molecular formula is C21H24N2O5S. The first kappa shape index (κ1) is 22.3. The summed E-state index contributed by atoms with van der Waals surface area (Å²) in [6.45, 7) is 6.98. The Kier molecular flexibility index (Phi) is 7.69. The van der Waals surface area contributed by atoms with Crippen LogP contribution in [0.5, 0.6) is 0 Å². The molecular weight excluding hydrogens is 392 g/mol. The zero-order valence-electron chi connectivity index (χ0n) is 16.4. The highest BCUT2D eigenvalue weighted by molar-refractivity contribution is 7.89. The Labute approximate surface area is 170 Å². The number of nitrogens with one attached hydrogen (secondary N) is 2. The molecule has 0 bridgehead atoms. The number of hydrogen-bond acceptors (Lipinski definition) is 5. The topological polar surface area (TPSA) is 102 Å². The maximum absolute atomic E-state index is 12.2. The fraction of sp³-hybridized carbons (Fsp3) is 0.238. The highest BCUT2D eigenvalue weighted by Gasteiger charge is 2.16. The van der Waals surface area contributed by atoms with Crippen molar-refractivity contribution in [1.82, 2.24) is 4.72 Å². The fourth-order valence-corrected chi connectivity index (χ4v) is 3.61. The molecule has 2 aromatic rings. The van der Waals surface area contributed by atoms with Gasteiger partial charge >= 0.3 is 5.97 Å². The number of carbonyl (C=O) groups excluding carboxylic acids is 2. The minimum absolute atomic E-state index is 0.0142. The van der Waals surface area contributed by atoms with E-state index in [9.17, 15) is 18.0 Å². The monoisotopic (exact) mass is 416 g/mol. The summed E-state index contributed by atoms with van der Waals surface area (Å²) in [6, 6.07) is 11.0. The van der Waals surface area contributed by atoms with Crippen LogP contribution in [0.3, 0.4) is 0 Å². The fourth-order valence-electron chi connectivity index (χ4n) is 2.61. The van der Waals surface area contributed by atoms with Gasteiger partial charge in [-0.3, -0.25) is 4.79 Å². The number of benzene rings is 2. The third kappa shape index (κ3) is 6.00. The second-order valence-electron chi connectivity index (χ2n) is 6.25. The van der Waals surface area contributed by atoms with Crippen molar-refractivity contribution in [3.8, 4) is 0 Å². The lowest BCUT2D eigenvalue weighted by molar-refractivity contribution is -0.119. The van der Waals surface area contributed by atoms with E-state index in [4.69, 9.17) is 4.74 Å². The summed E-state index contributed by atoms with van der Waals surface area (Å²) in [5, 5.41) is 2.77. The summed E-state index contributed by atoms with van der Waals surface area (Å²) in [4.78, 5) is 24.3. The van der Waals surface area contributed by atoms with Crippen LogP contribution in [0.1, 0.15) is 28.4 Å². The van der Waals surface area contributed by atoms with Crippen LogP contribution in [0.25, 0.3) is 0 Å². The summed E-state index contributed by atoms with van der Waals surface area (Å²) in [5.41, 5.74) is 2.78. The second kappa shape index (κ2) is 9.99. The van der Waals surface area contributed by atoms with Crippen molar-refractivity contribution >= 4 is 27.6 Å². The van der Waals surface area contributed by atoms with Crippen molar-refractivity contribution < 1.29 is 22.7 Å². The average molecular weight is 416 g/mol. The molecule has 0 aliphatic carbocycles. The number of sulfonamides is 1. The maximum atomic E-state index is 12.2. The van der Waals surface area contributed by atoms with E-state index in [2.05, 4.69) is 16.6 Å². The summed E-state index contributed by atoms with van der Waals surface area (Å²) >= 11 is 0. The second-order valence-corrected chi connectivity index (χ2v) is 8.02. The third-order valence-corrected chi connectivity index (χ3v) is 5.60. The SMILES string of the molecule is C=CCNS(=O)(=O)c1ccc(C(=O)OCC(=O)Nc2c(C)cccc2CC)cc1. The highest BCUT2D eigenvalue weighted by Crippen LogP contribution is 2.21. The van der Waals surface area contributed by atoms with Gasteiger partial charge in [0, 0.05) is 12.2 Å². The molecule has 0 radical (unpaired) electrons. The zero-order valence-corrected chi connectivity index (χ0v) is 17.2. The molecule has 0 saturated carbocycles. The normalized spacial score (nSPS) is 11.0. The van der Waals surface area contributed by atoms with Crippen LogP contribution < -0.4 is 10.0 Å². The van der Waals surface area contributed by atoms with Gasteiger partial charge in [-0.1, -0.05) is 31.2 Å². The van der Waals surface area contributed by atoms with Gasteiger partial charge in [0.05, 0.1) is 10.5 Å². The van der Waals surface area contributed by atoms with Gasteiger partial charge in [-0.25, -0.2) is 17.9 Å². The molecule has 0 spiro atoms. The zero-order chi connectivity index (χ0) is 21.4. The van der Waals surface area contributed by atoms with Crippen LogP contribution in [-0.4, -0.2) is 33.4 Å². The van der Waals surface area contributed by atoms with E-state index in [1.807, 2.05) is 32.0 Å². The van der Waals surface area contributed by atoms with Gasteiger partial charge in [0.1, 0.15) is 0 Å². The largest absolute Gasteiger partial charge is 0.452 e. The van der Waals surface area contributed by atoms with E-state index in [0.29, 0.717) is 0 Å². The Balaban J connectivity index is 1.97. The number of rotatable bonds is 9. The molecule has 7 nitrogen and oxygen atoms in total. The number of carbonyl (C=O) groups is 2. The molecule has 2 aromatic carbocycles. The highest BCUT2D eigenvalue weighted by atomic mass is 32.2. The van der Waals surface area contributed by atoms with Crippen LogP contribution in [0.4, 0.5) is 5.69 Å². The molecule has 1 amide bonds. The Hall–Kier alpha value is -2.97. The molecule has 0 aliphatic heterocycles. The molecule has 8 heteroatoms. The minimum atomic E-state index is -3.67. The Morgan fingerprint density at radius 2 is 1.83 bits per heavy atom. The molecule has 0 unspecified atom stereocenters. The van der Waals surface area contributed by atoms with Crippen LogP contribution in [0, 0.1) is 6.92 Å². The predicted molar refractivity (Wildman–Crippen MR) is 111 cm³/mol. The number of ether oxygens (including phenoxy) is 1. The van der Waals surface area contributed by atoms with Gasteiger partial charge in [-0.05, 0) is 48.7 Å². The van der Waals surface area contributed by atoms with Gasteiger partial charge in [0.25, 0.3) is 5.91 Å². The smallest absolute Gasteiger partial charge is 0.338 e. The lowest BCUT2D eigenvalue weighted by Gasteiger charge is -2.13. The van der Waals surface area contributed by atoms with Crippen LogP contribution in [-0.2, 0) is 26.0 Å². The van der Waals surface area contributed by atoms with Crippen molar-refractivity contribution in [1.29, 1.82) is 0 Å². The molecule has 0 saturated heterocycles. The lowest BCUT2D eigenvalue weighted by Crippen LogP contribution is -2.24. The van der Waals surface area contributed by atoms with Gasteiger partial charge in [-0.15, -0.1) is 6.58 Å². The number of para-hydroxylation sites is 1. The Bertz CT molecular complexity index is 998. The molecule has 0 fully saturated rings. The summed E-state index contributed by atoms with van der Waals surface area (Å²) in [5.74, 6) is -1.17. The third-order valence-electron chi connectivity index (χ3n) is 4.16. The van der Waals surface area contributed by atoms with E-state index in [-0.39, 0.29) is 17.0 Å². The number of anilines is 1. The molecule has 0 aliphatic rings. The van der Waals surface area contributed by atoms with Gasteiger partial charge in [0.15, 0.2) is 6.61 Å². The van der Waals surface area contributed by atoms with E-state index in [1.54, 1.807) is 0 Å². The van der Waals surface area contributed by atoms with Crippen molar-refractivity contribution in [2.75, 3.05) is 18.5 Å². The van der Waals surface area contributed by atoms with E-state index < -0.39 is 28.5 Å². The number of esters is 1. The molecule has 0 heterocycles. The first-order valence-electron chi connectivity index (χ1n) is 9.04. The maximum Gasteiger partial charge on any atom is 0.338 e. The minimum Gasteiger partial charge on any atom is -0.452 e. The standard InChI is InChI=1S/C21H24N2O5S/c1-4-13-22-29(26,27)18-11-9-17(10-12-18)21(25)28-14-19(24)23-20-15(3)7-6-8-16(20)5-2/h4,6-12,22H,1,5,13-14H2,2-3H3,(H,23,24). The Morgan fingerprint density at radius 1 is 1.14 bits per heavy atom. The van der Waals surface area contributed by atoms with E-state index >= 15 is 0 Å². The number of hydrogen-bond donors (Lipinski definition) is 2. The summed E-state index contributed by atoms with van der Waals surface area (Å²) < 4.78 is 31.4. The number of amides is 1. The molecule has 0 atom stereocenters. The van der Waals surface area contributed by atoms with Crippen molar-refractivity contribution in [3.63, 3.8) is 0 Å². The number of aryl methyl sites for hydroxylation is 2. The molecule has 2 rings (SSSR count). The molecule has 154 valence electrons. The lowest BCUT2D eigenvalue weighted by atomic mass is 10.1. The van der Waals surface area contributed by atoms with E-state index in [0.717, 1.165) is 23.2 Å². The van der Waals surface area contributed by atoms with E-state index in [1.165, 1.54) is 30.3 Å². The molecule has 0 aromatic heterocycles. The molecule has 2 N–H and O–H groups in total.